The zero-order chi connectivity index (χ0) is 13.1. The molecule has 0 aliphatic carbocycles. The highest BCUT2D eigenvalue weighted by Crippen LogP contribution is 2.26. The molecule has 102 valence electrons. The number of hydrogen-bond donors (Lipinski definition) is 0. The molecular formula is C9H16F3NO3S. The van der Waals surface area contributed by atoms with Crippen LogP contribution in [0.15, 0.2) is 0 Å². The smallest absolute Gasteiger partial charge is 0.306 e. The lowest BCUT2D eigenvalue weighted by atomic mass is 9.94. The average molecular weight is 275 g/mol. The second-order valence-electron chi connectivity index (χ2n) is 4.26. The fraction of sp³-hybridized carbons (Fsp3) is 1.00. The maximum Gasteiger partial charge on any atom is 0.523 e. The lowest BCUT2D eigenvalue weighted by Gasteiger charge is -2.28. The van der Waals surface area contributed by atoms with Gasteiger partial charge < -0.3 is 4.90 Å². The minimum atomic E-state index is -5.42. The first-order chi connectivity index (χ1) is 7.72. The van der Waals surface area contributed by atoms with E-state index in [0.717, 1.165) is 25.9 Å². The van der Waals surface area contributed by atoms with E-state index in [4.69, 9.17) is 0 Å². The van der Waals surface area contributed by atoms with E-state index in [0.29, 0.717) is 6.42 Å². The van der Waals surface area contributed by atoms with Crippen molar-refractivity contribution in [1.82, 2.24) is 4.90 Å². The van der Waals surface area contributed by atoms with E-state index in [-0.39, 0.29) is 5.92 Å². The van der Waals surface area contributed by atoms with Crippen molar-refractivity contribution >= 4 is 10.1 Å². The highest BCUT2D eigenvalue weighted by molar-refractivity contribution is 7.87. The Morgan fingerprint density at radius 3 is 2.29 bits per heavy atom. The number of nitrogens with zero attached hydrogens (tertiary/aromatic N) is 1. The fourth-order valence-corrected chi connectivity index (χ4v) is 2.19. The molecule has 1 saturated heterocycles. The standard InChI is InChI=1S/C9H16F3NO3S/c1-13-5-2-8(3-6-13)4-7-16-17(14,15)9(10,11)12/h8H,2-7H2,1H3. The molecule has 0 N–H and O–H groups in total. The van der Waals surface area contributed by atoms with Crippen molar-refractivity contribution in [2.45, 2.75) is 24.8 Å². The van der Waals surface area contributed by atoms with Gasteiger partial charge in [-0.2, -0.15) is 21.6 Å². The van der Waals surface area contributed by atoms with Crippen LogP contribution in [0.3, 0.4) is 0 Å². The Kier molecular flexibility index (Phi) is 4.79. The van der Waals surface area contributed by atoms with Gasteiger partial charge in [-0.3, -0.25) is 4.18 Å². The van der Waals surface area contributed by atoms with E-state index in [1.54, 1.807) is 0 Å². The maximum absolute atomic E-state index is 11.9. The van der Waals surface area contributed by atoms with Gasteiger partial charge in [0.2, 0.25) is 0 Å². The van der Waals surface area contributed by atoms with Crippen LogP contribution < -0.4 is 0 Å². The summed E-state index contributed by atoms with van der Waals surface area (Å²) in [5.41, 5.74) is -5.32. The van der Waals surface area contributed by atoms with E-state index >= 15 is 0 Å². The van der Waals surface area contributed by atoms with Gasteiger partial charge in [0.15, 0.2) is 0 Å². The molecule has 8 heteroatoms. The number of likely N-dealkylation sites (tertiary alicyclic amines) is 1. The molecule has 0 unspecified atom stereocenters. The first-order valence-corrected chi connectivity index (χ1v) is 6.77. The van der Waals surface area contributed by atoms with Crippen LogP contribution in [0, 0.1) is 5.92 Å². The second kappa shape index (κ2) is 5.53. The summed E-state index contributed by atoms with van der Waals surface area (Å²) >= 11 is 0. The molecule has 0 spiro atoms. The van der Waals surface area contributed by atoms with E-state index in [1.165, 1.54) is 0 Å². The van der Waals surface area contributed by atoms with Gasteiger partial charge in [0, 0.05) is 0 Å². The van der Waals surface area contributed by atoms with Gasteiger partial charge in [-0.05, 0) is 45.3 Å². The van der Waals surface area contributed by atoms with Crippen LogP contribution in [0.4, 0.5) is 13.2 Å². The predicted octanol–water partition coefficient (Wildman–Crippen LogP) is 1.58. The molecule has 1 rings (SSSR count). The number of piperidine rings is 1. The zero-order valence-corrected chi connectivity index (χ0v) is 10.4. The van der Waals surface area contributed by atoms with Gasteiger partial charge >= 0.3 is 15.6 Å². The summed E-state index contributed by atoms with van der Waals surface area (Å²) in [6.45, 7) is 1.38. The minimum absolute atomic E-state index is 0.245. The molecule has 0 aromatic heterocycles. The molecule has 0 saturated carbocycles. The SMILES string of the molecule is CN1CCC(CCOS(=O)(=O)C(F)(F)F)CC1. The Balaban J connectivity index is 2.29. The van der Waals surface area contributed by atoms with Crippen molar-refractivity contribution < 1.29 is 25.8 Å². The molecule has 0 atom stereocenters. The normalized spacial score (nSPS) is 20.7. The molecule has 1 heterocycles. The van der Waals surface area contributed by atoms with Gasteiger partial charge in [0.05, 0.1) is 6.61 Å². The highest BCUT2D eigenvalue weighted by atomic mass is 32.2. The topological polar surface area (TPSA) is 46.6 Å². The second-order valence-corrected chi connectivity index (χ2v) is 5.86. The first-order valence-electron chi connectivity index (χ1n) is 5.36. The third-order valence-electron chi connectivity index (χ3n) is 2.89. The average Bonchev–Trinajstić information content (AvgIpc) is 2.19. The fourth-order valence-electron chi connectivity index (χ4n) is 1.74. The molecule has 0 aromatic carbocycles. The summed E-state index contributed by atoms with van der Waals surface area (Å²) in [7, 11) is -3.45. The molecule has 0 bridgehead atoms. The largest absolute Gasteiger partial charge is 0.523 e. The Bertz CT molecular complexity index is 334. The summed E-state index contributed by atoms with van der Waals surface area (Å²) in [4.78, 5) is 2.13. The Morgan fingerprint density at radius 1 is 1.29 bits per heavy atom. The minimum Gasteiger partial charge on any atom is -0.306 e. The van der Waals surface area contributed by atoms with Crippen LogP contribution in [0.25, 0.3) is 0 Å². The molecular weight excluding hydrogens is 259 g/mol. The third-order valence-corrected chi connectivity index (χ3v) is 3.93. The summed E-state index contributed by atoms with van der Waals surface area (Å²) in [6.07, 6.45) is 2.08. The predicted molar refractivity (Wildman–Crippen MR) is 55.8 cm³/mol. The van der Waals surface area contributed by atoms with Crippen molar-refractivity contribution in [1.29, 1.82) is 0 Å². The first kappa shape index (κ1) is 14.7. The van der Waals surface area contributed by atoms with Gasteiger partial charge in [0.1, 0.15) is 0 Å². The molecule has 4 nitrogen and oxygen atoms in total. The van der Waals surface area contributed by atoms with Crippen LogP contribution in [0.2, 0.25) is 0 Å². The Labute approximate surface area is 98.9 Å². The molecule has 17 heavy (non-hydrogen) atoms. The number of hydrogen-bond acceptors (Lipinski definition) is 4. The van der Waals surface area contributed by atoms with Crippen molar-refractivity contribution in [2.75, 3.05) is 26.7 Å². The summed E-state index contributed by atoms with van der Waals surface area (Å²) < 4.78 is 60.9. The van der Waals surface area contributed by atoms with Crippen molar-refractivity contribution in [3.8, 4) is 0 Å². The van der Waals surface area contributed by atoms with E-state index < -0.39 is 22.2 Å². The molecule has 0 amide bonds. The summed E-state index contributed by atoms with van der Waals surface area (Å²) in [5.74, 6) is 0.245. The van der Waals surface area contributed by atoms with E-state index in [9.17, 15) is 21.6 Å². The maximum atomic E-state index is 11.9. The van der Waals surface area contributed by atoms with Crippen LogP contribution >= 0.6 is 0 Å². The quantitative estimate of drug-likeness (QED) is 0.577. The van der Waals surface area contributed by atoms with Crippen LogP contribution in [-0.4, -0.2) is 45.6 Å². The van der Waals surface area contributed by atoms with E-state index in [1.807, 2.05) is 7.05 Å². The number of alkyl halides is 3. The van der Waals surface area contributed by atoms with Crippen molar-refractivity contribution in [2.24, 2.45) is 5.92 Å². The van der Waals surface area contributed by atoms with Gasteiger partial charge in [-0.25, -0.2) is 0 Å². The van der Waals surface area contributed by atoms with Crippen LogP contribution in [0.1, 0.15) is 19.3 Å². The van der Waals surface area contributed by atoms with Crippen molar-refractivity contribution in [3.63, 3.8) is 0 Å². The van der Waals surface area contributed by atoms with Crippen molar-refractivity contribution in [3.05, 3.63) is 0 Å². The molecule has 0 radical (unpaired) electrons. The van der Waals surface area contributed by atoms with E-state index in [2.05, 4.69) is 9.08 Å². The lowest BCUT2D eigenvalue weighted by molar-refractivity contribution is -0.0545. The lowest BCUT2D eigenvalue weighted by Crippen LogP contribution is -2.31. The Morgan fingerprint density at radius 2 is 1.82 bits per heavy atom. The third kappa shape index (κ3) is 4.44. The van der Waals surface area contributed by atoms with Gasteiger partial charge in [0.25, 0.3) is 0 Å². The highest BCUT2D eigenvalue weighted by Gasteiger charge is 2.47. The molecule has 1 aliphatic heterocycles. The number of rotatable bonds is 4. The Hall–Kier alpha value is -0.340. The van der Waals surface area contributed by atoms with Gasteiger partial charge in [-0.1, -0.05) is 0 Å². The molecule has 0 aromatic rings. The summed E-state index contributed by atoms with van der Waals surface area (Å²) in [5, 5.41) is 0. The monoisotopic (exact) mass is 275 g/mol. The molecule has 1 aliphatic rings. The molecule has 1 fully saturated rings. The van der Waals surface area contributed by atoms with Crippen LogP contribution in [0.5, 0.6) is 0 Å². The number of halogens is 3. The zero-order valence-electron chi connectivity index (χ0n) is 9.53. The summed E-state index contributed by atoms with van der Waals surface area (Å²) in [6, 6.07) is 0. The van der Waals surface area contributed by atoms with Crippen LogP contribution in [-0.2, 0) is 14.3 Å². The van der Waals surface area contributed by atoms with Gasteiger partial charge in [-0.15, -0.1) is 0 Å².